The van der Waals surface area contributed by atoms with E-state index in [0.717, 1.165) is 11.3 Å². The Morgan fingerprint density at radius 2 is 1.62 bits per heavy atom. The minimum atomic E-state index is 0.00601. The molecule has 1 saturated carbocycles. The van der Waals surface area contributed by atoms with Gasteiger partial charge in [0.05, 0.1) is 28.9 Å². The third-order valence-corrected chi connectivity index (χ3v) is 10.6. The van der Waals surface area contributed by atoms with E-state index >= 15 is 0 Å². The summed E-state index contributed by atoms with van der Waals surface area (Å²) in [6.45, 7) is 11.6. The van der Waals surface area contributed by atoms with Crippen molar-refractivity contribution in [2.75, 3.05) is 6.61 Å². The smallest absolute Gasteiger partial charge is 0.231 e. The summed E-state index contributed by atoms with van der Waals surface area (Å²) >= 11 is 1.86. The zero-order valence-corrected chi connectivity index (χ0v) is 23.8. The number of aromatic nitrogens is 1. The first-order chi connectivity index (χ1) is 18.8. The van der Waals surface area contributed by atoms with E-state index in [9.17, 15) is 5.11 Å². The fourth-order valence-corrected chi connectivity index (χ4v) is 8.68. The molecule has 2 aliphatic rings. The Kier molecular flexibility index (Phi) is 4.69. The van der Waals surface area contributed by atoms with Gasteiger partial charge in [0, 0.05) is 22.4 Å². The van der Waals surface area contributed by atoms with Crippen LogP contribution in [0.15, 0.2) is 71.3 Å². The van der Waals surface area contributed by atoms with Crippen molar-refractivity contribution < 1.29 is 14.1 Å². The topological polar surface area (TPSA) is 37.2 Å². The molecule has 0 radical (unpaired) electrons. The van der Waals surface area contributed by atoms with E-state index in [1.54, 1.807) is 0 Å². The molecule has 0 bridgehead atoms. The number of pyridine rings is 1. The Balaban J connectivity index is 1.47. The van der Waals surface area contributed by atoms with Gasteiger partial charge in [-0.2, -0.15) is 4.57 Å². The molecule has 1 fully saturated rings. The van der Waals surface area contributed by atoms with Gasteiger partial charge in [0.2, 0.25) is 5.69 Å². The highest BCUT2D eigenvalue weighted by molar-refractivity contribution is 7.23. The van der Waals surface area contributed by atoms with E-state index < -0.39 is 0 Å². The van der Waals surface area contributed by atoms with E-state index in [0.29, 0.717) is 12.0 Å². The maximum Gasteiger partial charge on any atom is 0.231 e. The Morgan fingerprint density at radius 3 is 2.33 bits per heavy atom. The van der Waals surface area contributed by atoms with Crippen LogP contribution in [0.4, 0.5) is 0 Å². The van der Waals surface area contributed by atoms with Crippen LogP contribution < -0.4 is 4.57 Å². The molecule has 1 N–H and O–H groups in total. The minimum absolute atomic E-state index is 0.00601. The molecule has 4 heteroatoms. The number of thiophene rings is 1. The zero-order chi connectivity index (χ0) is 26.8. The molecule has 3 aromatic carbocycles. The van der Waals surface area contributed by atoms with Gasteiger partial charge >= 0.3 is 0 Å². The summed E-state index contributed by atoms with van der Waals surface area (Å²) < 4.78 is 10.2. The van der Waals surface area contributed by atoms with E-state index in [1.165, 1.54) is 64.6 Å². The average molecular weight is 531 g/mol. The van der Waals surface area contributed by atoms with Crippen molar-refractivity contribution in [3.63, 3.8) is 0 Å². The molecule has 3 atom stereocenters. The van der Waals surface area contributed by atoms with Crippen molar-refractivity contribution in [1.29, 1.82) is 0 Å². The monoisotopic (exact) mass is 530 g/mol. The van der Waals surface area contributed by atoms with Crippen LogP contribution in [0, 0.1) is 19.8 Å². The van der Waals surface area contributed by atoms with Crippen molar-refractivity contribution in [3.8, 4) is 21.9 Å². The lowest BCUT2D eigenvalue weighted by Gasteiger charge is -2.26. The molecular formula is C35H32NO2S+. The summed E-state index contributed by atoms with van der Waals surface area (Å²) in [6, 6.07) is 22.3. The summed E-state index contributed by atoms with van der Waals surface area (Å²) in [4.78, 5) is 1.21. The zero-order valence-electron chi connectivity index (χ0n) is 23.0. The highest BCUT2D eigenvalue weighted by Crippen LogP contribution is 2.62. The Bertz CT molecular complexity index is 1990. The number of nitrogens with zero attached hydrogens (tertiary/aromatic N) is 1. The first-order valence-corrected chi connectivity index (χ1v) is 14.7. The minimum Gasteiger partial charge on any atom is -0.455 e. The SMILES string of the molecule is Cc1c(-c2sc3c4[n+](ccc3c2C)C2C(CO)C2c2c-4cc(C(C)(C)C)c3ccccc23)oc2ccccc12. The summed E-state index contributed by atoms with van der Waals surface area (Å²) in [7, 11) is 0. The Labute approximate surface area is 232 Å². The third kappa shape index (κ3) is 3.05. The average Bonchev–Trinajstić information content (AvgIpc) is 3.45. The molecule has 194 valence electrons. The number of hydrogen-bond donors (Lipinski definition) is 1. The van der Waals surface area contributed by atoms with Crippen LogP contribution in [-0.2, 0) is 5.41 Å². The summed E-state index contributed by atoms with van der Waals surface area (Å²) in [5.41, 5.74) is 8.84. The van der Waals surface area contributed by atoms with E-state index in [4.69, 9.17) is 4.42 Å². The molecule has 0 saturated heterocycles. The lowest BCUT2D eigenvalue weighted by Crippen LogP contribution is -2.38. The molecule has 0 amide bonds. The first kappa shape index (κ1) is 23.4. The fourth-order valence-electron chi connectivity index (χ4n) is 7.28. The Morgan fingerprint density at radius 1 is 0.897 bits per heavy atom. The molecule has 3 unspecified atom stereocenters. The predicted octanol–water partition coefficient (Wildman–Crippen LogP) is 8.60. The van der Waals surface area contributed by atoms with Gasteiger partial charge in [-0.3, -0.25) is 0 Å². The molecule has 0 spiro atoms. The van der Waals surface area contributed by atoms with Gasteiger partial charge < -0.3 is 9.52 Å². The fraction of sp³-hybridized carbons (Fsp3) is 0.286. The second kappa shape index (κ2) is 7.80. The van der Waals surface area contributed by atoms with Crippen molar-refractivity contribution in [3.05, 3.63) is 89.1 Å². The van der Waals surface area contributed by atoms with Crippen LogP contribution in [0.5, 0.6) is 0 Å². The molecule has 4 heterocycles. The normalized spacial score (nSPS) is 19.9. The number of benzene rings is 3. The highest BCUT2D eigenvalue weighted by atomic mass is 32.1. The standard InChI is InChI=1S/C35H32NO2S/c1-18-20-10-8-9-13-27(20)38-32(18)33-19(2)21-14-15-36-30-25(17-37)29(30)28-23-12-7-6-11-22(23)26(35(3,4)5)16-24(28)31(36)34(21)39-33/h6-16,25,29-30,37H,17H2,1-5H3/q+1. The number of furan rings is 1. The molecular weight excluding hydrogens is 498 g/mol. The van der Waals surface area contributed by atoms with Crippen LogP contribution in [0.1, 0.15) is 55.0 Å². The lowest BCUT2D eigenvalue weighted by molar-refractivity contribution is -0.693. The number of hydrogen-bond acceptors (Lipinski definition) is 3. The van der Waals surface area contributed by atoms with Crippen molar-refractivity contribution in [2.45, 2.75) is 52.0 Å². The van der Waals surface area contributed by atoms with Gasteiger partial charge in [-0.1, -0.05) is 63.2 Å². The number of para-hydroxylation sites is 1. The molecule has 6 aromatic rings. The van der Waals surface area contributed by atoms with Gasteiger partial charge in [-0.15, -0.1) is 11.3 Å². The summed E-state index contributed by atoms with van der Waals surface area (Å²) in [5.74, 6) is 1.57. The molecule has 3 aromatic heterocycles. The number of fused-ring (bicyclic) bond motifs is 11. The second-order valence-corrected chi connectivity index (χ2v) is 13.5. The first-order valence-electron chi connectivity index (χ1n) is 13.9. The molecule has 39 heavy (non-hydrogen) atoms. The van der Waals surface area contributed by atoms with Crippen molar-refractivity contribution in [2.24, 2.45) is 5.92 Å². The maximum absolute atomic E-state index is 10.4. The Hall–Kier alpha value is -3.47. The second-order valence-electron chi connectivity index (χ2n) is 12.5. The largest absolute Gasteiger partial charge is 0.455 e. The van der Waals surface area contributed by atoms with Crippen LogP contribution in [-0.4, -0.2) is 11.7 Å². The van der Waals surface area contributed by atoms with Crippen molar-refractivity contribution >= 4 is 43.2 Å². The lowest BCUT2D eigenvalue weighted by atomic mass is 9.79. The highest BCUT2D eigenvalue weighted by Gasteiger charge is 2.63. The summed E-state index contributed by atoms with van der Waals surface area (Å²) in [6.07, 6.45) is 2.27. The van der Waals surface area contributed by atoms with Gasteiger partial charge in [-0.05, 0) is 58.9 Å². The molecule has 8 rings (SSSR count). The maximum atomic E-state index is 10.4. The summed E-state index contributed by atoms with van der Waals surface area (Å²) in [5, 5.41) is 15.6. The predicted molar refractivity (Wildman–Crippen MR) is 161 cm³/mol. The number of aliphatic hydroxyl groups excluding tert-OH is 1. The van der Waals surface area contributed by atoms with Crippen LogP contribution in [0.2, 0.25) is 0 Å². The molecule has 3 nitrogen and oxygen atoms in total. The number of aryl methyl sites for hydroxylation is 2. The molecule has 1 aliphatic heterocycles. The van der Waals surface area contributed by atoms with E-state index in [-0.39, 0.29) is 17.9 Å². The third-order valence-electron chi connectivity index (χ3n) is 9.26. The van der Waals surface area contributed by atoms with Gasteiger partial charge in [-0.25, -0.2) is 0 Å². The van der Waals surface area contributed by atoms with Crippen molar-refractivity contribution in [1.82, 2.24) is 0 Å². The van der Waals surface area contributed by atoms with E-state index in [1.807, 2.05) is 17.4 Å². The van der Waals surface area contributed by atoms with Gasteiger partial charge in [0.15, 0.2) is 12.2 Å². The van der Waals surface area contributed by atoms with Crippen LogP contribution in [0.3, 0.4) is 0 Å². The number of rotatable bonds is 2. The van der Waals surface area contributed by atoms with Crippen LogP contribution in [0.25, 0.3) is 53.7 Å². The van der Waals surface area contributed by atoms with Crippen LogP contribution >= 0.6 is 11.3 Å². The quantitative estimate of drug-likeness (QED) is 0.228. The number of aliphatic hydroxyl groups is 1. The van der Waals surface area contributed by atoms with Gasteiger partial charge in [0.25, 0.3) is 0 Å². The van der Waals surface area contributed by atoms with Gasteiger partial charge in [0.1, 0.15) is 16.0 Å². The van der Waals surface area contributed by atoms with E-state index in [2.05, 4.69) is 100.0 Å². The molecule has 1 aliphatic carbocycles.